The van der Waals surface area contributed by atoms with Gasteiger partial charge in [-0.15, -0.1) is 0 Å². The predicted molar refractivity (Wildman–Crippen MR) is 96.8 cm³/mol. The number of nitrogens with zero attached hydrogens (tertiary/aromatic N) is 4. The number of benzene rings is 1. The molecule has 0 amide bonds. The summed E-state index contributed by atoms with van der Waals surface area (Å²) in [6.45, 7) is 2.41. The highest BCUT2D eigenvalue weighted by Crippen LogP contribution is 2.27. The van der Waals surface area contributed by atoms with E-state index in [1.165, 1.54) is 13.2 Å². The molecule has 1 aliphatic heterocycles. The van der Waals surface area contributed by atoms with Gasteiger partial charge in [0.15, 0.2) is 11.5 Å². The number of nitrogens with one attached hydrogen (secondary N) is 1. The normalized spacial score (nSPS) is 15.4. The fourth-order valence-corrected chi connectivity index (χ4v) is 2.66. The third-order valence-corrected chi connectivity index (χ3v) is 4.26. The number of carbonyl (C=O) groups is 1. The van der Waals surface area contributed by atoms with E-state index in [1.54, 1.807) is 19.1 Å². The summed E-state index contributed by atoms with van der Waals surface area (Å²) in [5.74, 6) is 1.04. The maximum absolute atomic E-state index is 11.6. The monoisotopic (exact) mass is 379 g/mol. The lowest BCUT2D eigenvalue weighted by Gasteiger charge is -2.18. The van der Waals surface area contributed by atoms with Crippen LogP contribution in [0.3, 0.4) is 0 Å². The van der Waals surface area contributed by atoms with Crippen molar-refractivity contribution in [1.29, 1.82) is 0 Å². The van der Waals surface area contributed by atoms with E-state index in [2.05, 4.69) is 25.1 Å². The van der Waals surface area contributed by atoms with Gasteiger partial charge in [0.1, 0.15) is 11.7 Å². The van der Waals surface area contributed by atoms with Crippen LogP contribution in [0, 0.1) is 6.92 Å². The topological polar surface area (TPSA) is 79.7 Å². The standard InChI is InChI=1S/C16H15Cl2N5O2/c1-9-19-13(16(24)25-2)8-15(20-9)21-14-5-6-23(22-14)10-3-4-11(17)12(18)7-10/h3-4,7-8H,5-6H2,1-2H3,(H,19,20,21,22). The summed E-state index contributed by atoms with van der Waals surface area (Å²) >= 11 is 12.0. The highest BCUT2D eigenvalue weighted by molar-refractivity contribution is 6.42. The van der Waals surface area contributed by atoms with Gasteiger partial charge in [0, 0.05) is 19.0 Å². The van der Waals surface area contributed by atoms with Crippen molar-refractivity contribution in [1.82, 2.24) is 15.4 Å². The fraction of sp³-hybridized carbons (Fsp3) is 0.250. The largest absolute Gasteiger partial charge is 0.464 e. The van der Waals surface area contributed by atoms with E-state index in [-0.39, 0.29) is 5.69 Å². The van der Waals surface area contributed by atoms with Crippen LogP contribution in [0.15, 0.2) is 29.3 Å². The molecule has 25 heavy (non-hydrogen) atoms. The molecule has 0 unspecified atom stereocenters. The van der Waals surface area contributed by atoms with Crippen LogP contribution in [0.25, 0.3) is 0 Å². The number of methoxy groups -OCH3 is 1. The summed E-state index contributed by atoms with van der Waals surface area (Å²) in [6.07, 6.45) is 0.691. The minimum Gasteiger partial charge on any atom is -0.464 e. The zero-order valence-corrected chi connectivity index (χ0v) is 15.1. The number of rotatable bonds is 3. The molecule has 9 heteroatoms. The van der Waals surface area contributed by atoms with Gasteiger partial charge in [0.05, 0.1) is 22.8 Å². The average Bonchev–Trinajstić information content (AvgIpc) is 3.04. The number of aromatic nitrogens is 2. The smallest absolute Gasteiger partial charge is 0.356 e. The van der Waals surface area contributed by atoms with E-state index < -0.39 is 5.97 Å². The number of hydrogen-bond donors (Lipinski definition) is 1. The van der Waals surface area contributed by atoms with Crippen LogP contribution in [0.5, 0.6) is 0 Å². The molecule has 0 saturated carbocycles. The summed E-state index contributed by atoms with van der Waals surface area (Å²) in [4.78, 5) is 24.4. The molecule has 0 spiro atoms. The third kappa shape index (κ3) is 4.00. The summed E-state index contributed by atoms with van der Waals surface area (Å²) in [5.41, 5.74) is 4.25. The van der Waals surface area contributed by atoms with Gasteiger partial charge >= 0.3 is 5.97 Å². The first kappa shape index (κ1) is 17.4. The number of halogens is 2. The Morgan fingerprint density at radius 2 is 2.08 bits per heavy atom. The molecule has 2 aromatic rings. The second-order valence-corrected chi connectivity index (χ2v) is 6.13. The van der Waals surface area contributed by atoms with E-state index in [4.69, 9.17) is 23.2 Å². The number of amidine groups is 1. The van der Waals surface area contributed by atoms with Crippen molar-refractivity contribution in [2.45, 2.75) is 13.3 Å². The summed E-state index contributed by atoms with van der Waals surface area (Å²) in [7, 11) is 1.30. The first-order chi connectivity index (χ1) is 12.0. The number of esters is 1. The van der Waals surface area contributed by atoms with Crippen molar-refractivity contribution in [3.05, 3.63) is 45.8 Å². The molecular formula is C16H15Cl2N5O2. The Morgan fingerprint density at radius 1 is 1.28 bits per heavy atom. The van der Waals surface area contributed by atoms with Crippen molar-refractivity contribution >= 4 is 46.5 Å². The second kappa shape index (κ2) is 7.25. The molecule has 7 nitrogen and oxygen atoms in total. The molecule has 1 N–H and O–H groups in total. The number of ether oxygens (including phenoxy) is 1. The highest BCUT2D eigenvalue weighted by atomic mass is 35.5. The van der Waals surface area contributed by atoms with Gasteiger partial charge < -0.3 is 4.74 Å². The van der Waals surface area contributed by atoms with Crippen LogP contribution in [-0.2, 0) is 4.74 Å². The van der Waals surface area contributed by atoms with E-state index in [0.29, 0.717) is 34.7 Å². The maximum atomic E-state index is 11.6. The Bertz CT molecular complexity index is 856. The molecule has 3 rings (SSSR count). The van der Waals surface area contributed by atoms with Gasteiger partial charge in [-0.3, -0.25) is 10.4 Å². The molecule has 0 radical (unpaired) electrons. The lowest BCUT2D eigenvalue weighted by Crippen LogP contribution is -2.33. The van der Waals surface area contributed by atoms with E-state index >= 15 is 0 Å². The van der Waals surface area contributed by atoms with Gasteiger partial charge in [-0.05, 0) is 25.1 Å². The number of anilines is 1. The molecule has 1 saturated heterocycles. The van der Waals surface area contributed by atoms with Crippen molar-refractivity contribution in [2.24, 2.45) is 4.99 Å². The van der Waals surface area contributed by atoms with Crippen LogP contribution in [0.1, 0.15) is 22.7 Å². The van der Waals surface area contributed by atoms with Gasteiger partial charge in [-0.1, -0.05) is 23.2 Å². The molecule has 0 atom stereocenters. The molecule has 2 heterocycles. The Kier molecular flexibility index (Phi) is 5.06. The van der Waals surface area contributed by atoms with Gasteiger partial charge in [0.2, 0.25) is 0 Å². The zero-order valence-electron chi connectivity index (χ0n) is 13.6. The maximum Gasteiger partial charge on any atom is 0.356 e. The Morgan fingerprint density at radius 3 is 2.80 bits per heavy atom. The van der Waals surface area contributed by atoms with Gasteiger partial charge in [0.25, 0.3) is 0 Å². The molecule has 1 fully saturated rings. The number of hydrazine groups is 1. The number of aliphatic imine (C=N–C) groups is 1. The summed E-state index contributed by atoms with van der Waals surface area (Å²) in [5, 5.41) is 2.90. The first-order valence-corrected chi connectivity index (χ1v) is 8.22. The first-order valence-electron chi connectivity index (χ1n) is 7.47. The predicted octanol–water partition coefficient (Wildman–Crippen LogP) is 3.32. The molecule has 1 aliphatic rings. The number of hydrogen-bond acceptors (Lipinski definition) is 6. The number of carbonyl (C=O) groups excluding carboxylic acids is 1. The van der Waals surface area contributed by atoms with E-state index in [9.17, 15) is 4.79 Å². The van der Waals surface area contributed by atoms with Crippen LogP contribution in [-0.4, -0.2) is 35.4 Å². The van der Waals surface area contributed by atoms with Crippen molar-refractivity contribution < 1.29 is 9.53 Å². The van der Waals surface area contributed by atoms with Crippen LogP contribution >= 0.6 is 23.2 Å². The minimum atomic E-state index is -0.524. The van der Waals surface area contributed by atoms with Crippen molar-refractivity contribution in [3.8, 4) is 0 Å². The average molecular weight is 380 g/mol. The molecule has 1 aromatic carbocycles. The van der Waals surface area contributed by atoms with Gasteiger partial charge in [-0.2, -0.15) is 0 Å². The van der Waals surface area contributed by atoms with Gasteiger partial charge in [-0.25, -0.2) is 19.8 Å². The molecule has 130 valence electrons. The zero-order chi connectivity index (χ0) is 18.0. The quantitative estimate of drug-likeness (QED) is 0.823. The Hall–Kier alpha value is -2.38. The van der Waals surface area contributed by atoms with E-state index in [1.807, 2.05) is 11.1 Å². The lowest BCUT2D eigenvalue weighted by molar-refractivity contribution is 0.0593. The SMILES string of the molecule is COC(=O)c1cc(N=C2CCN(c3ccc(Cl)c(Cl)c3)N2)nc(C)n1. The Balaban J connectivity index is 1.80. The van der Waals surface area contributed by atoms with Crippen LogP contribution < -0.4 is 10.4 Å². The molecular weight excluding hydrogens is 365 g/mol. The van der Waals surface area contributed by atoms with Crippen LogP contribution in [0.4, 0.5) is 11.5 Å². The summed E-state index contributed by atoms with van der Waals surface area (Å²) in [6, 6.07) is 6.89. The molecule has 0 aliphatic carbocycles. The van der Waals surface area contributed by atoms with Crippen LogP contribution in [0.2, 0.25) is 10.0 Å². The lowest BCUT2D eigenvalue weighted by atomic mass is 10.3. The minimum absolute atomic E-state index is 0.175. The van der Waals surface area contributed by atoms with Crippen molar-refractivity contribution in [3.63, 3.8) is 0 Å². The fourth-order valence-electron chi connectivity index (χ4n) is 2.37. The summed E-state index contributed by atoms with van der Waals surface area (Å²) < 4.78 is 4.69. The van der Waals surface area contributed by atoms with E-state index in [0.717, 1.165) is 11.5 Å². The second-order valence-electron chi connectivity index (χ2n) is 5.32. The molecule has 1 aromatic heterocycles. The highest BCUT2D eigenvalue weighted by Gasteiger charge is 2.19. The Labute approximate surface area is 154 Å². The third-order valence-electron chi connectivity index (χ3n) is 3.52. The van der Waals surface area contributed by atoms with Crippen molar-refractivity contribution in [2.75, 3.05) is 18.7 Å². The number of aryl methyl sites for hydroxylation is 1. The molecule has 0 bridgehead atoms.